The average Bonchev–Trinajstić information content (AvgIpc) is 3.51. The Hall–Kier alpha value is -2.36. The van der Waals surface area contributed by atoms with Crippen LogP contribution in [0.3, 0.4) is 0 Å². The van der Waals surface area contributed by atoms with Gasteiger partial charge in [-0.15, -0.1) is 69.1 Å². The van der Waals surface area contributed by atoms with Crippen molar-refractivity contribution in [3.05, 3.63) is 132 Å². The Morgan fingerprint density at radius 3 is 1.27 bits per heavy atom. The van der Waals surface area contributed by atoms with Gasteiger partial charge in [-0.25, -0.2) is 8.78 Å². The summed E-state index contributed by atoms with van der Waals surface area (Å²) in [5.41, 5.74) is 6.73. The van der Waals surface area contributed by atoms with Crippen LogP contribution in [0.1, 0.15) is 11.1 Å². The Morgan fingerprint density at radius 1 is 0.600 bits per heavy atom. The van der Waals surface area contributed by atoms with Crippen molar-refractivity contribution in [1.82, 2.24) is 0 Å². The second kappa shape index (κ2) is 14.0. The third-order valence-corrected chi connectivity index (χ3v) is 26.2. The predicted molar refractivity (Wildman–Crippen MR) is 169 cm³/mol. The van der Waals surface area contributed by atoms with Crippen LogP contribution in [0, 0.1) is 25.5 Å². The molecule has 0 nitrogen and oxygen atoms in total. The van der Waals surface area contributed by atoms with Crippen LogP contribution < -0.4 is 0 Å². The first kappa shape index (κ1) is 30.6. The molecule has 6 aromatic rings. The Balaban J connectivity index is 0.000000155. The first-order valence-electron chi connectivity index (χ1n) is 12.9. The molecule has 6 rings (SSSR count). The molecule has 204 valence electrons. The summed E-state index contributed by atoms with van der Waals surface area (Å²) in [7, 11) is 11.2. The molecule has 0 radical (unpaired) electrons. The topological polar surface area (TPSA) is 0 Å². The van der Waals surface area contributed by atoms with E-state index >= 15 is 0 Å². The minimum atomic E-state index is -1.65. The Kier molecular flexibility index (Phi) is 10.7. The number of rotatable bonds is 2. The third kappa shape index (κ3) is 7.89. The minimum absolute atomic E-state index is 0.195. The van der Waals surface area contributed by atoms with Gasteiger partial charge in [0.25, 0.3) is 0 Å². The number of hydrogen-bond donors (Lipinski definition) is 0. The van der Waals surface area contributed by atoms with Gasteiger partial charge < -0.3 is 0 Å². The molecule has 40 heavy (non-hydrogen) atoms. The van der Waals surface area contributed by atoms with Gasteiger partial charge in [-0.2, -0.15) is 12.1 Å². The van der Waals surface area contributed by atoms with E-state index in [1.165, 1.54) is 56.9 Å². The van der Waals surface area contributed by atoms with Crippen molar-refractivity contribution < 1.29 is 26.8 Å². The molecule has 0 saturated heterocycles. The molecule has 6 aromatic carbocycles. The molecule has 0 aliphatic carbocycles. The van der Waals surface area contributed by atoms with Crippen LogP contribution in [0.4, 0.5) is 8.78 Å². The first-order chi connectivity index (χ1) is 19.1. The van der Waals surface area contributed by atoms with E-state index in [9.17, 15) is 8.78 Å². The van der Waals surface area contributed by atoms with Crippen LogP contribution in [0.5, 0.6) is 0 Å². The van der Waals surface area contributed by atoms with Crippen molar-refractivity contribution in [2.24, 2.45) is 0 Å². The summed E-state index contributed by atoms with van der Waals surface area (Å²) < 4.78 is 25.8. The predicted octanol–water partition coefficient (Wildman–Crippen LogP) is 11.5. The maximum Gasteiger partial charge on any atom is 0.123 e. The summed E-state index contributed by atoms with van der Waals surface area (Å²) in [5, 5.41) is 4.95. The maximum absolute atomic E-state index is 12.9. The molecule has 0 saturated carbocycles. The molecule has 0 spiro atoms. The summed E-state index contributed by atoms with van der Waals surface area (Å²) in [6.07, 6.45) is 0. The van der Waals surface area contributed by atoms with Gasteiger partial charge in [0.15, 0.2) is 0 Å². The van der Waals surface area contributed by atoms with E-state index in [0.717, 1.165) is 22.3 Å². The van der Waals surface area contributed by atoms with Gasteiger partial charge in [0.1, 0.15) is 11.6 Å². The van der Waals surface area contributed by atoms with Crippen molar-refractivity contribution >= 4 is 44.0 Å². The molecule has 0 heterocycles. The number of benzene rings is 4. The van der Waals surface area contributed by atoms with Gasteiger partial charge in [-0.05, 0) is 35.4 Å². The number of hydrogen-bond acceptors (Lipinski definition) is 0. The molecule has 0 fully saturated rings. The SMILES string of the molecule is C[Si](C)=[Zr]([Cl])[Cl].Cc1cc2c(-c3ccc(F)cc3)cccc2[cH-]1.Cc1cc2c(-c3ccc(F)cc3)cccc2[cH-]1. The van der Waals surface area contributed by atoms with E-state index in [2.05, 4.69) is 75.5 Å². The van der Waals surface area contributed by atoms with Gasteiger partial charge in [0, 0.05) is 0 Å². The van der Waals surface area contributed by atoms with Crippen LogP contribution in [-0.4, -0.2) is 5.43 Å². The summed E-state index contributed by atoms with van der Waals surface area (Å²) >= 11 is -1.65. The maximum atomic E-state index is 12.9. The number of fused-ring (bicyclic) bond motifs is 2. The van der Waals surface area contributed by atoms with E-state index in [0.29, 0.717) is 0 Å². The molecule has 6 heteroatoms. The monoisotopic (exact) mass is 664 g/mol. The van der Waals surface area contributed by atoms with Gasteiger partial charge >= 0.3 is 53.5 Å². The molecule has 0 unspecified atom stereocenters. The van der Waals surface area contributed by atoms with Crippen LogP contribution in [-0.2, 0) is 18.0 Å². The van der Waals surface area contributed by atoms with Crippen molar-refractivity contribution in [2.45, 2.75) is 26.9 Å². The molecular weight excluding hydrogens is 637 g/mol. The molecule has 0 amide bonds. The van der Waals surface area contributed by atoms with E-state index in [-0.39, 0.29) is 17.1 Å². The van der Waals surface area contributed by atoms with Crippen LogP contribution in [0.15, 0.2) is 109 Å². The summed E-state index contributed by atoms with van der Waals surface area (Å²) in [5.74, 6) is -0.390. The number of halogens is 4. The standard InChI is InChI=1S/2C16H12F.C2H6Si.2ClH.Zr/c2*1-11-9-13-3-2-4-15(16(13)10-11)12-5-7-14(17)8-6-12;1-3-2;;;/h2*2-10H,1H3;1-2H3;2*1H;/q2*-1;;;;+2/p-2. The smallest absolute Gasteiger partial charge is 0.123 e. The zero-order chi connectivity index (χ0) is 28.8. The van der Waals surface area contributed by atoms with E-state index in [1.807, 2.05) is 36.4 Å². The average molecular weight is 667 g/mol. The fraction of sp³-hybridized carbons (Fsp3) is 0.118. The Labute approximate surface area is 250 Å². The van der Waals surface area contributed by atoms with Gasteiger partial charge in [0.05, 0.1) is 0 Å². The molecule has 0 N–H and O–H groups in total. The Bertz CT molecular complexity index is 1630. The molecule has 0 aliphatic heterocycles. The van der Waals surface area contributed by atoms with Crippen LogP contribution in [0.2, 0.25) is 13.1 Å². The number of aryl methyl sites for hydroxylation is 2. The second-order valence-corrected chi connectivity index (χ2v) is 32.9. The molecule has 0 aliphatic rings. The largest absolute Gasteiger partial charge is 0.207 e. The molecule has 0 bridgehead atoms. The zero-order valence-electron chi connectivity index (χ0n) is 22.9. The normalized spacial score (nSPS) is 10.5. The van der Waals surface area contributed by atoms with Crippen molar-refractivity contribution in [1.29, 1.82) is 0 Å². The minimum Gasteiger partial charge on any atom is -0.207 e. The van der Waals surface area contributed by atoms with E-state index in [4.69, 9.17) is 17.0 Å². The third-order valence-electron chi connectivity index (χ3n) is 6.48. The Morgan fingerprint density at radius 2 is 0.950 bits per heavy atom. The molecule has 0 aromatic heterocycles. The van der Waals surface area contributed by atoms with Crippen molar-refractivity contribution in [2.75, 3.05) is 0 Å². The van der Waals surface area contributed by atoms with E-state index in [1.54, 1.807) is 0 Å². The van der Waals surface area contributed by atoms with Crippen LogP contribution >= 0.6 is 17.0 Å². The van der Waals surface area contributed by atoms with Crippen molar-refractivity contribution in [3.63, 3.8) is 0 Å². The second-order valence-electron chi connectivity index (χ2n) is 9.96. The van der Waals surface area contributed by atoms with Crippen LogP contribution in [0.25, 0.3) is 43.8 Å². The van der Waals surface area contributed by atoms with Gasteiger partial charge in [-0.1, -0.05) is 61.4 Å². The first-order valence-corrected chi connectivity index (χ1v) is 25.5. The summed E-state index contributed by atoms with van der Waals surface area (Å²) in [6, 6.07) is 34.5. The summed E-state index contributed by atoms with van der Waals surface area (Å²) in [4.78, 5) is 0. The molecular formula is C34H30Cl2F2SiZr-2. The zero-order valence-corrected chi connectivity index (χ0v) is 27.9. The summed E-state index contributed by atoms with van der Waals surface area (Å²) in [6.45, 7) is 8.52. The van der Waals surface area contributed by atoms with Gasteiger partial charge in [-0.3, -0.25) is 0 Å². The quantitative estimate of drug-likeness (QED) is 0.127. The fourth-order valence-corrected chi connectivity index (χ4v) is 4.53. The van der Waals surface area contributed by atoms with E-state index < -0.39 is 18.0 Å². The molecule has 0 atom stereocenters. The van der Waals surface area contributed by atoms with Crippen molar-refractivity contribution in [3.8, 4) is 22.3 Å². The fourth-order valence-electron chi connectivity index (χ4n) is 4.53. The van der Waals surface area contributed by atoms with Gasteiger partial charge in [0.2, 0.25) is 0 Å².